The predicted octanol–water partition coefficient (Wildman–Crippen LogP) is 4.49. The lowest BCUT2D eigenvalue weighted by atomic mass is 10.2. The summed E-state index contributed by atoms with van der Waals surface area (Å²) in [7, 11) is -2.68. The number of carbonyl (C=O) groups is 1. The summed E-state index contributed by atoms with van der Waals surface area (Å²) in [5, 5.41) is 2.54. The lowest BCUT2D eigenvalue weighted by molar-refractivity contribution is -0.137. The van der Waals surface area contributed by atoms with Crippen molar-refractivity contribution in [2.24, 2.45) is 0 Å². The SMILES string of the molecule is COc1ccnc(C(=O)Nc2ccc(Oc3ccc(C(F)(F)F)cc3)cc2)c1OS(C)(=O)=O. The maximum absolute atomic E-state index is 12.7. The molecule has 12 heteroatoms. The molecule has 0 bridgehead atoms. The second-order valence-corrected chi connectivity index (χ2v) is 8.16. The van der Waals surface area contributed by atoms with Gasteiger partial charge in [-0.1, -0.05) is 0 Å². The fourth-order valence-electron chi connectivity index (χ4n) is 2.63. The van der Waals surface area contributed by atoms with E-state index in [-0.39, 0.29) is 22.9 Å². The van der Waals surface area contributed by atoms with Crippen molar-refractivity contribution in [1.29, 1.82) is 0 Å². The maximum Gasteiger partial charge on any atom is 0.416 e. The second kappa shape index (κ2) is 9.36. The number of anilines is 1. The molecule has 0 unspecified atom stereocenters. The summed E-state index contributed by atoms with van der Waals surface area (Å²) in [6.45, 7) is 0. The zero-order valence-electron chi connectivity index (χ0n) is 17.2. The maximum atomic E-state index is 12.7. The minimum absolute atomic E-state index is 0.000800. The van der Waals surface area contributed by atoms with Crippen molar-refractivity contribution in [3.05, 3.63) is 72.1 Å². The Kier molecular flexibility index (Phi) is 6.77. The normalized spacial score (nSPS) is 11.5. The monoisotopic (exact) mass is 482 g/mol. The number of pyridine rings is 1. The number of hydrogen-bond acceptors (Lipinski definition) is 7. The number of nitrogens with zero attached hydrogens (tertiary/aromatic N) is 1. The van der Waals surface area contributed by atoms with Gasteiger partial charge in [-0.05, 0) is 48.5 Å². The Morgan fingerprint density at radius 1 is 0.970 bits per heavy atom. The van der Waals surface area contributed by atoms with Crippen LogP contribution in [0.15, 0.2) is 60.8 Å². The highest BCUT2D eigenvalue weighted by atomic mass is 32.2. The Morgan fingerprint density at radius 3 is 2.06 bits per heavy atom. The third-order valence-electron chi connectivity index (χ3n) is 4.07. The quantitative estimate of drug-likeness (QED) is 0.495. The first-order valence-electron chi connectivity index (χ1n) is 9.15. The van der Waals surface area contributed by atoms with Crippen molar-refractivity contribution in [1.82, 2.24) is 4.98 Å². The van der Waals surface area contributed by atoms with Crippen LogP contribution in [0.25, 0.3) is 0 Å². The number of benzene rings is 2. The average Bonchev–Trinajstić information content (AvgIpc) is 2.74. The third-order valence-corrected chi connectivity index (χ3v) is 4.54. The molecule has 0 saturated carbocycles. The highest BCUT2D eigenvalue weighted by molar-refractivity contribution is 7.86. The number of carbonyl (C=O) groups excluding carboxylic acids is 1. The van der Waals surface area contributed by atoms with Gasteiger partial charge in [0.15, 0.2) is 11.4 Å². The molecule has 0 aliphatic heterocycles. The zero-order valence-corrected chi connectivity index (χ0v) is 18.0. The largest absolute Gasteiger partial charge is 0.493 e. The molecule has 0 aliphatic carbocycles. The van der Waals surface area contributed by atoms with Crippen molar-refractivity contribution in [2.45, 2.75) is 6.18 Å². The molecule has 0 fully saturated rings. The zero-order chi connectivity index (χ0) is 24.2. The minimum atomic E-state index is -4.44. The molecule has 2 aromatic carbocycles. The lowest BCUT2D eigenvalue weighted by Gasteiger charge is -2.13. The fourth-order valence-corrected chi connectivity index (χ4v) is 3.09. The lowest BCUT2D eigenvalue weighted by Crippen LogP contribution is -2.17. The van der Waals surface area contributed by atoms with Crippen LogP contribution in [-0.4, -0.2) is 32.7 Å². The number of alkyl halides is 3. The first kappa shape index (κ1) is 23.9. The van der Waals surface area contributed by atoms with E-state index in [4.69, 9.17) is 13.7 Å². The van der Waals surface area contributed by atoms with Crippen molar-refractivity contribution in [3.63, 3.8) is 0 Å². The molecule has 1 heterocycles. The second-order valence-electron chi connectivity index (χ2n) is 6.58. The topological polar surface area (TPSA) is 104 Å². The van der Waals surface area contributed by atoms with Crippen LogP contribution in [0, 0.1) is 0 Å². The average molecular weight is 482 g/mol. The Hall–Kier alpha value is -3.80. The first-order valence-corrected chi connectivity index (χ1v) is 11.0. The van der Waals surface area contributed by atoms with Gasteiger partial charge in [-0.25, -0.2) is 4.98 Å². The van der Waals surface area contributed by atoms with Gasteiger partial charge >= 0.3 is 16.3 Å². The molecular formula is C21H17F3N2O6S. The molecule has 1 aromatic heterocycles. The summed E-state index contributed by atoms with van der Waals surface area (Å²) in [5.41, 5.74) is -0.794. The van der Waals surface area contributed by atoms with Gasteiger partial charge < -0.3 is 19.0 Å². The van der Waals surface area contributed by atoms with Gasteiger partial charge in [-0.15, -0.1) is 0 Å². The van der Waals surface area contributed by atoms with Crippen LogP contribution in [0.5, 0.6) is 23.0 Å². The van der Waals surface area contributed by atoms with Crippen LogP contribution in [-0.2, 0) is 16.3 Å². The molecular weight excluding hydrogens is 465 g/mol. The van der Waals surface area contributed by atoms with Crippen LogP contribution >= 0.6 is 0 Å². The third kappa shape index (κ3) is 6.35. The number of amides is 1. The molecule has 0 aliphatic rings. The van der Waals surface area contributed by atoms with E-state index in [1.54, 1.807) is 0 Å². The van der Waals surface area contributed by atoms with E-state index >= 15 is 0 Å². The van der Waals surface area contributed by atoms with Crippen LogP contribution in [0.4, 0.5) is 18.9 Å². The van der Waals surface area contributed by atoms with Gasteiger partial charge in [-0.3, -0.25) is 4.79 Å². The standard InChI is InChI=1S/C21H17F3N2O6S/c1-30-17-11-12-25-18(19(17)32-33(2,28)29)20(27)26-14-5-9-16(10-6-14)31-15-7-3-13(4-8-15)21(22,23)24/h3-12H,1-2H3,(H,26,27). The van der Waals surface area contributed by atoms with Gasteiger partial charge in [-0.2, -0.15) is 21.6 Å². The molecule has 0 spiro atoms. The molecule has 3 aromatic rings. The Balaban J connectivity index is 1.73. The van der Waals surface area contributed by atoms with Gasteiger partial charge in [0.05, 0.1) is 18.9 Å². The summed E-state index contributed by atoms with van der Waals surface area (Å²) in [6.07, 6.45) is -2.37. The molecule has 0 atom stereocenters. The predicted molar refractivity (Wildman–Crippen MR) is 112 cm³/mol. The number of rotatable bonds is 7. The highest BCUT2D eigenvalue weighted by Gasteiger charge is 2.30. The van der Waals surface area contributed by atoms with E-state index in [9.17, 15) is 26.4 Å². The highest BCUT2D eigenvalue weighted by Crippen LogP contribution is 2.33. The van der Waals surface area contributed by atoms with E-state index in [0.717, 1.165) is 18.4 Å². The summed E-state index contributed by atoms with van der Waals surface area (Å²) in [5.74, 6) is -0.608. The van der Waals surface area contributed by atoms with E-state index in [1.165, 1.54) is 55.8 Å². The summed E-state index contributed by atoms with van der Waals surface area (Å²) >= 11 is 0. The van der Waals surface area contributed by atoms with E-state index in [1.807, 2.05) is 0 Å². The Bertz CT molecular complexity index is 1240. The number of nitrogens with one attached hydrogen (secondary N) is 1. The van der Waals surface area contributed by atoms with Gasteiger partial charge in [0.1, 0.15) is 11.5 Å². The summed E-state index contributed by atoms with van der Waals surface area (Å²) < 4.78 is 76.4. The van der Waals surface area contributed by atoms with Crippen molar-refractivity contribution in [3.8, 4) is 23.0 Å². The number of methoxy groups -OCH3 is 1. The minimum Gasteiger partial charge on any atom is -0.493 e. The molecule has 33 heavy (non-hydrogen) atoms. The van der Waals surface area contributed by atoms with E-state index in [2.05, 4.69) is 10.3 Å². The number of ether oxygens (including phenoxy) is 2. The van der Waals surface area contributed by atoms with Crippen LogP contribution in [0.2, 0.25) is 0 Å². The smallest absolute Gasteiger partial charge is 0.416 e. The molecule has 3 rings (SSSR count). The Morgan fingerprint density at radius 2 is 1.55 bits per heavy atom. The van der Waals surface area contributed by atoms with E-state index < -0.39 is 27.8 Å². The molecule has 0 saturated heterocycles. The summed E-state index contributed by atoms with van der Waals surface area (Å²) in [6, 6.07) is 11.5. The molecule has 1 amide bonds. The van der Waals surface area contributed by atoms with Gasteiger partial charge in [0.2, 0.25) is 5.75 Å². The van der Waals surface area contributed by atoms with Crippen LogP contribution in [0.3, 0.4) is 0 Å². The van der Waals surface area contributed by atoms with Gasteiger partial charge in [0, 0.05) is 18.0 Å². The number of aromatic nitrogens is 1. The van der Waals surface area contributed by atoms with Crippen molar-refractivity contribution >= 4 is 21.7 Å². The van der Waals surface area contributed by atoms with Gasteiger partial charge in [0.25, 0.3) is 5.91 Å². The molecule has 174 valence electrons. The molecule has 0 radical (unpaired) electrons. The number of hydrogen-bond donors (Lipinski definition) is 1. The number of halogens is 3. The first-order chi connectivity index (χ1) is 15.5. The van der Waals surface area contributed by atoms with Crippen molar-refractivity contribution < 1.29 is 40.0 Å². The summed E-state index contributed by atoms with van der Waals surface area (Å²) in [4.78, 5) is 16.5. The molecule has 1 N–H and O–H groups in total. The van der Waals surface area contributed by atoms with Crippen LogP contribution in [0.1, 0.15) is 16.1 Å². The van der Waals surface area contributed by atoms with Crippen molar-refractivity contribution in [2.75, 3.05) is 18.7 Å². The van der Waals surface area contributed by atoms with E-state index in [0.29, 0.717) is 11.4 Å². The Labute approximate surface area is 187 Å². The molecule has 8 nitrogen and oxygen atoms in total. The van der Waals surface area contributed by atoms with Crippen LogP contribution < -0.4 is 19.0 Å². The fraction of sp³-hybridized carbons (Fsp3) is 0.143.